The van der Waals surface area contributed by atoms with Gasteiger partial charge in [-0.05, 0) is 37.5 Å². The Morgan fingerprint density at radius 2 is 1.85 bits per heavy atom. The molecule has 0 radical (unpaired) electrons. The first-order valence-corrected chi connectivity index (χ1v) is 8.90. The lowest BCUT2D eigenvalue weighted by Gasteiger charge is -2.12. The second-order valence-corrected chi connectivity index (χ2v) is 6.17. The molecular weight excluding hydrogens is 328 g/mol. The molecule has 0 saturated carbocycles. The molecule has 0 amide bonds. The Hall–Kier alpha value is -2.94. The van der Waals surface area contributed by atoms with Crippen molar-refractivity contribution in [2.45, 2.75) is 53.0 Å². The van der Waals surface area contributed by atoms with Gasteiger partial charge >= 0.3 is 0 Å². The minimum absolute atomic E-state index is 0.0661. The predicted molar refractivity (Wildman–Crippen MR) is 101 cm³/mol. The Labute approximate surface area is 153 Å². The maximum Gasteiger partial charge on any atom is 0.281 e. The van der Waals surface area contributed by atoms with Crippen molar-refractivity contribution in [3.05, 3.63) is 51.3 Å². The summed E-state index contributed by atoms with van der Waals surface area (Å²) in [6.07, 6.45) is 3.60. The zero-order valence-electron chi connectivity index (χ0n) is 15.5. The zero-order valence-corrected chi connectivity index (χ0v) is 15.5. The number of aromatic hydroxyl groups is 1. The van der Waals surface area contributed by atoms with E-state index in [-0.39, 0.29) is 17.1 Å². The van der Waals surface area contributed by atoms with Crippen molar-refractivity contribution in [2.24, 2.45) is 10.2 Å². The lowest BCUT2D eigenvalue weighted by molar-refractivity contribution is 0.398. The molecule has 0 saturated heterocycles. The highest BCUT2D eigenvalue weighted by molar-refractivity contribution is 5.56. The number of hydrogen-bond acceptors (Lipinski definition) is 5. The van der Waals surface area contributed by atoms with Crippen molar-refractivity contribution in [1.29, 1.82) is 5.26 Å². The quantitative estimate of drug-likeness (QED) is 0.567. The van der Waals surface area contributed by atoms with E-state index in [1.165, 1.54) is 10.1 Å². The molecule has 1 aromatic heterocycles. The molecule has 6 nitrogen and oxygen atoms in total. The Morgan fingerprint density at radius 1 is 1.15 bits per heavy atom. The second-order valence-electron chi connectivity index (χ2n) is 6.17. The molecule has 0 unspecified atom stereocenters. The monoisotopic (exact) mass is 352 g/mol. The smallest absolute Gasteiger partial charge is 0.281 e. The Morgan fingerprint density at radius 3 is 2.42 bits per heavy atom. The van der Waals surface area contributed by atoms with Gasteiger partial charge in [-0.1, -0.05) is 38.8 Å². The van der Waals surface area contributed by atoms with Gasteiger partial charge in [0.15, 0.2) is 5.69 Å². The molecule has 0 aliphatic carbocycles. The minimum Gasteiger partial charge on any atom is -0.493 e. The number of nitriles is 1. The average Bonchev–Trinajstić information content (AvgIpc) is 2.65. The van der Waals surface area contributed by atoms with Crippen molar-refractivity contribution in [2.75, 3.05) is 0 Å². The van der Waals surface area contributed by atoms with E-state index in [0.717, 1.165) is 25.7 Å². The van der Waals surface area contributed by atoms with Crippen LogP contribution in [0.4, 0.5) is 11.4 Å². The molecule has 0 fully saturated rings. The summed E-state index contributed by atoms with van der Waals surface area (Å²) in [5.41, 5.74) is 1.89. The van der Waals surface area contributed by atoms with E-state index in [2.05, 4.69) is 24.1 Å². The lowest BCUT2D eigenvalue weighted by atomic mass is 10.1. The Balaban J connectivity index is 2.46. The van der Waals surface area contributed by atoms with Gasteiger partial charge in [0.25, 0.3) is 5.56 Å². The van der Waals surface area contributed by atoms with Crippen LogP contribution in [0.25, 0.3) is 0 Å². The third-order valence-corrected chi connectivity index (χ3v) is 4.36. The third kappa shape index (κ3) is 4.17. The Kier molecular flexibility index (Phi) is 6.67. The molecular formula is C20H24N4O2. The van der Waals surface area contributed by atoms with Crippen molar-refractivity contribution in [1.82, 2.24) is 4.57 Å². The van der Waals surface area contributed by atoms with Gasteiger partial charge in [0.1, 0.15) is 11.6 Å². The van der Waals surface area contributed by atoms with Crippen LogP contribution < -0.4 is 5.56 Å². The minimum atomic E-state index is -0.427. The molecule has 0 aliphatic rings. The molecule has 2 aromatic rings. The summed E-state index contributed by atoms with van der Waals surface area (Å²) in [5, 5.41) is 27.9. The summed E-state index contributed by atoms with van der Waals surface area (Å²) in [7, 11) is 0. The van der Waals surface area contributed by atoms with Gasteiger partial charge in [0.05, 0.1) is 5.69 Å². The number of hydrogen-bond donors (Lipinski definition) is 1. The molecule has 0 atom stereocenters. The van der Waals surface area contributed by atoms with Crippen molar-refractivity contribution in [3.8, 4) is 11.9 Å². The summed E-state index contributed by atoms with van der Waals surface area (Å²) in [4.78, 5) is 12.7. The van der Waals surface area contributed by atoms with E-state index in [0.29, 0.717) is 17.8 Å². The Bertz CT molecular complexity index is 890. The maximum atomic E-state index is 12.7. The van der Waals surface area contributed by atoms with Crippen LogP contribution in [0.5, 0.6) is 5.88 Å². The van der Waals surface area contributed by atoms with Gasteiger partial charge in [0, 0.05) is 12.1 Å². The number of unbranched alkanes of at least 4 members (excludes halogenated alkanes) is 2. The van der Waals surface area contributed by atoms with Crippen LogP contribution in [0.15, 0.2) is 39.3 Å². The van der Waals surface area contributed by atoms with Gasteiger partial charge in [0.2, 0.25) is 5.88 Å². The number of aryl methyl sites for hydroxylation is 1. The topological polar surface area (TPSA) is 90.7 Å². The molecule has 6 heteroatoms. The first-order chi connectivity index (χ1) is 12.5. The van der Waals surface area contributed by atoms with Gasteiger partial charge in [-0.25, -0.2) is 0 Å². The fourth-order valence-corrected chi connectivity index (χ4v) is 2.69. The van der Waals surface area contributed by atoms with E-state index in [9.17, 15) is 15.2 Å². The highest BCUT2D eigenvalue weighted by Crippen LogP contribution is 2.27. The van der Waals surface area contributed by atoms with E-state index >= 15 is 0 Å². The van der Waals surface area contributed by atoms with Crippen molar-refractivity contribution in [3.63, 3.8) is 0 Å². The largest absolute Gasteiger partial charge is 0.493 e. The molecule has 26 heavy (non-hydrogen) atoms. The molecule has 136 valence electrons. The van der Waals surface area contributed by atoms with Crippen LogP contribution in [0.2, 0.25) is 0 Å². The number of rotatable bonds is 7. The number of nitrogens with zero attached hydrogens (tertiary/aromatic N) is 4. The van der Waals surface area contributed by atoms with E-state index < -0.39 is 5.56 Å². The zero-order chi connectivity index (χ0) is 19.1. The average molecular weight is 352 g/mol. The maximum absolute atomic E-state index is 12.7. The SMILES string of the molecule is CCCCCn1c(O)c(C#N)c(C)c(N=Nc2ccc(CC)cc2)c1=O. The van der Waals surface area contributed by atoms with E-state index in [1.54, 1.807) is 6.92 Å². The second kappa shape index (κ2) is 8.95. The van der Waals surface area contributed by atoms with Crippen LogP contribution in [-0.4, -0.2) is 9.67 Å². The van der Waals surface area contributed by atoms with Crippen LogP contribution in [0, 0.1) is 18.3 Å². The van der Waals surface area contributed by atoms with Crippen LogP contribution in [0.1, 0.15) is 49.8 Å². The summed E-state index contributed by atoms with van der Waals surface area (Å²) < 4.78 is 1.22. The molecule has 0 aliphatic heterocycles. The summed E-state index contributed by atoms with van der Waals surface area (Å²) >= 11 is 0. The summed E-state index contributed by atoms with van der Waals surface area (Å²) in [6.45, 7) is 6.08. The van der Waals surface area contributed by atoms with Crippen LogP contribution >= 0.6 is 0 Å². The van der Waals surface area contributed by atoms with Crippen molar-refractivity contribution >= 4 is 11.4 Å². The first-order valence-electron chi connectivity index (χ1n) is 8.90. The highest BCUT2D eigenvalue weighted by Gasteiger charge is 2.18. The fraction of sp³-hybridized carbons (Fsp3) is 0.400. The number of aromatic nitrogens is 1. The van der Waals surface area contributed by atoms with Gasteiger partial charge in [-0.3, -0.25) is 9.36 Å². The first kappa shape index (κ1) is 19.4. The number of azo groups is 1. The van der Waals surface area contributed by atoms with Gasteiger partial charge < -0.3 is 5.11 Å². The molecule has 0 bridgehead atoms. The predicted octanol–water partition coefficient (Wildman–Crippen LogP) is 4.90. The normalized spacial score (nSPS) is 11.0. The van der Waals surface area contributed by atoms with Crippen molar-refractivity contribution < 1.29 is 5.11 Å². The van der Waals surface area contributed by atoms with E-state index in [4.69, 9.17) is 0 Å². The van der Waals surface area contributed by atoms with Crippen LogP contribution in [-0.2, 0) is 13.0 Å². The van der Waals surface area contributed by atoms with Gasteiger partial charge in [-0.15, -0.1) is 5.11 Å². The molecule has 0 spiro atoms. The number of benzene rings is 1. The molecule has 1 N–H and O–H groups in total. The number of pyridine rings is 1. The van der Waals surface area contributed by atoms with E-state index in [1.807, 2.05) is 30.3 Å². The molecule has 1 heterocycles. The van der Waals surface area contributed by atoms with Crippen LogP contribution in [0.3, 0.4) is 0 Å². The summed E-state index contributed by atoms with van der Waals surface area (Å²) in [5.74, 6) is -0.294. The third-order valence-electron chi connectivity index (χ3n) is 4.36. The van der Waals surface area contributed by atoms with Gasteiger partial charge in [-0.2, -0.15) is 10.4 Å². The standard InChI is InChI=1S/C20H24N4O2/c1-4-6-7-12-24-19(25)17(13-21)14(3)18(20(24)26)23-22-16-10-8-15(5-2)9-11-16/h8-11,25H,4-7,12H2,1-3H3. The highest BCUT2D eigenvalue weighted by atomic mass is 16.3. The fourth-order valence-electron chi connectivity index (χ4n) is 2.69. The molecule has 2 rings (SSSR count). The molecule has 1 aromatic carbocycles. The lowest BCUT2D eigenvalue weighted by Crippen LogP contribution is -2.22. The summed E-state index contributed by atoms with van der Waals surface area (Å²) in [6, 6.07) is 9.56.